The van der Waals surface area contributed by atoms with Gasteiger partial charge in [0.1, 0.15) is 0 Å². The summed E-state index contributed by atoms with van der Waals surface area (Å²) < 4.78 is 5.87. The van der Waals surface area contributed by atoms with Crippen LogP contribution < -0.4 is 0 Å². The zero-order chi connectivity index (χ0) is 24.6. The van der Waals surface area contributed by atoms with Crippen LogP contribution in [-0.4, -0.2) is 57.4 Å². The molecular weight excluding hydrogens is 432 g/mol. The van der Waals surface area contributed by atoms with Crippen LogP contribution in [0.1, 0.15) is 79.1 Å². The van der Waals surface area contributed by atoms with Crippen LogP contribution in [0.5, 0.6) is 0 Å². The molecule has 0 spiro atoms. The van der Waals surface area contributed by atoms with E-state index in [0.717, 1.165) is 38.5 Å². The number of aliphatic hydroxyl groups excluding tert-OH is 4. The van der Waals surface area contributed by atoms with Gasteiger partial charge in [0.05, 0.1) is 36.9 Å². The molecule has 5 aliphatic rings. The van der Waals surface area contributed by atoms with Gasteiger partial charge in [0.15, 0.2) is 0 Å². The average Bonchev–Trinajstić information content (AvgIpc) is 3.59. The summed E-state index contributed by atoms with van der Waals surface area (Å²) in [7, 11) is 0. The Hall–Kier alpha value is -0.690. The van der Waals surface area contributed by atoms with Crippen LogP contribution in [0.3, 0.4) is 0 Å². The Kier molecular flexibility index (Phi) is 6.40. The maximum Gasteiger partial charge on any atom is 0.309 e. The van der Waals surface area contributed by atoms with Crippen molar-refractivity contribution in [3.63, 3.8) is 0 Å². The maximum atomic E-state index is 13.0. The van der Waals surface area contributed by atoms with Crippen molar-refractivity contribution in [2.45, 2.75) is 103 Å². The molecule has 13 atom stereocenters. The number of fused-ring (bicyclic) bond motifs is 5. The Morgan fingerprint density at radius 3 is 2.21 bits per heavy atom. The van der Waals surface area contributed by atoms with Crippen LogP contribution in [0.2, 0.25) is 0 Å². The third kappa shape index (κ3) is 3.77. The van der Waals surface area contributed by atoms with Crippen molar-refractivity contribution in [2.75, 3.05) is 6.61 Å². The Bertz CT molecular complexity index is 783. The zero-order valence-electron chi connectivity index (χ0n) is 21.4. The lowest BCUT2D eigenvalue weighted by atomic mass is 9.48. The van der Waals surface area contributed by atoms with E-state index in [2.05, 4.69) is 27.7 Å². The third-order valence-electron chi connectivity index (χ3n) is 11.9. The van der Waals surface area contributed by atoms with E-state index in [1.807, 2.05) is 0 Å². The predicted molar refractivity (Wildman–Crippen MR) is 127 cm³/mol. The van der Waals surface area contributed by atoms with E-state index in [9.17, 15) is 25.2 Å². The van der Waals surface area contributed by atoms with Crippen LogP contribution in [0.15, 0.2) is 0 Å². The van der Waals surface area contributed by atoms with Gasteiger partial charge in [-0.2, -0.15) is 0 Å². The van der Waals surface area contributed by atoms with Gasteiger partial charge in [-0.15, -0.1) is 0 Å². The van der Waals surface area contributed by atoms with Gasteiger partial charge < -0.3 is 25.2 Å². The smallest absolute Gasteiger partial charge is 0.309 e. The summed E-state index contributed by atoms with van der Waals surface area (Å²) in [6, 6.07) is 0. The molecule has 194 valence electrons. The number of carbonyl (C=O) groups is 1. The molecule has 1 aliphatic heterocycles. The van der Waals surface area contributed by atoms with Gasteiger partial charge in [-0.3, -0.25) is 4.79 Å². The molecule has 1 saturated heterocycles. The van der Waals surface area contributed by atoms with E-state index in [1.54, 1.807) is 0 Å². The quantitative estimate of drug-likeness (QED) is 0.452. The first-order valence-corrected chi connectivity index (χ1v) is 13.9. The second kappa shape index (κ2) is 8.71. The number of ether oxygens (including phenoxy) is 1. The molecule has 0 aromatic heterocycles. The van der Waals surface area contributed by atoms with E-state index in [-0.39, 0.29) is 52.8 Å². The van der Waals surface area contributed by atoms with Crippen molar-refractivity contribution in [3.8, 4) is 0 Å². The number of hydrogen-bond donors (Lipinski definition) is 4. The Labute approximate surface area is 204 Å². The van der Waals surface area contributed by atoms with Crippen LogP contribution in [-0.2, 0) is 9.53 Å². The first-order valence-electron chi connectivity index (χ1n) is 13.9. The summed E-state index contributed by atoms with van der Waals surface area (Å²) in [6.07, 6.45) is 4.11. The highest BCUT2D eigenvalue weighted by molar-refractivity contribution is 5.74. The molecule has 0 amide bonds. The Balaban J connectivity index is 1.37. The summed E-state index contributed by atoms with van der Waals surface area (Å²) >= 11 is 0. The van der Waals surface area contributed by atoms with Crippen molar-refractivity contribution in [3.05, 3.63) is 0 Å². The minimum Gasteiger partial charge on any atom is -0.465 e. The van der Waals surface area contributed by atoms with E-state index < -0.39 is 24.4 Å². The summed E-state index contributed by atoms with van der Waals surface area (Å²) in [5.74, 6) is 1.40. The molecule has 5 rings (SSSR count). The maximum absolute atomic E-state index is 13.0. The van der Waals surface area contributed by atoms with Crippen molar-refractivity contribution in [1.29, 1.82) is 0 Å². The number of carbonyl (C=O) groups excluding carboxylic acids is 1. The van der Waals surface area contributed by atoms with Gasteiger partial charge in [0.2, 0.25) is 0 Å². The van der Waals surface area contributed by atoms with Crippen LogP contribution >= 0.6 is 0 Å². The predicted octanol–water partition coefficient (Wildman–Crippen LogP) is 3.14. The van der Waals surface area contributed by atoms with Gasteiger partial charge in [0, 0.05) is 0 Å². The molecule has 0 aromatic rings. The van der Waals surface area contributed by atoms with Crippen LogP contribution in [0.4, 0.5) is 0 Å². The first-order chi connectivity index (χ1) is 16.0. The van der Waals surface area contributed by atoms with Gasteiger partial charge in [-0.05, 0) is 104 Å². The average molecular weight is 479 g/mol. The van der Waals surface area contributed by atoms with Crippen molar-refractivity contribution >= 4 is 5.97 Å². The lowest BCUT2D eigenvalue weighted by Gasteiger charge is -2.56. The van der Waals surface area contributed by atoms with Crippen molar-refractivity contribution in [1.82, 2.24) is 0 Å². The number of rotatable bonds is 5. The summed E-state index contributed by atoms with van der Waals surface area (Å²) in [4.78, 5) is 13.0. The highest BCUT2D eigenvalue weighted by Crippen LogP contribution is 2.66. The minimum absolute atomic E-state index is 0.0195. The second-order valence-corrected chi connectivity index (χ2v) is 13.4. The number of esters is 1. The molecule has 5 fully saturated rings. The van der Waals surface area contributed by atoms with Crippen molar-refractivity contribution < 1.29 is 30.0 Å². The third-order valence-corrected chi connectivity index (χ3v) is 11.9. The Morgan fingerprint density at radius 2 is 1.53 bits per heavy atom. The highest BCUT2D eigenvalue weighted by atomic mass is 16.5. The topological polar surface area (TPSA) is 107 Å². The van der Waals surface area contributed by atoms with Gasteiger partial charge in [-0.25, -0.2) is 0 Å². The lowest BCUT2D eigenvalue weighted by Crippen LogP contribution is -2.55. The molecule has 0 bridgehead atoms. The number of hydrogen-bond acceptors (Lipinski definition) is 6. The van der Waals surface area contributed by atoms with Crippen LogP contribution in [0, 0.1) is 58.2 Å². The normalized spacial score (nSPS) is 50.1. The van der Waals surface area contributed by atoms with E-state index in [4.69, 9.17) is 4.74 Å². The molecule has 4 saturated carbocycles. The summed E-state index contributed by atoms with van der Waals surface area (Å²) in [5.41, 5.74) is -0.323. The van der Waals surface area contributed by atoms with Gasteiger partial charge >= 0.3 is 5.97 Å². The van der Waals surface area contributed by atoms with Crippen LogP contribution in [0.25, 0.3) is 0 Å². The Morgan fingerprint density at radius 1 is 0.882 bits per heavy atom. The van der Waals surface area contributed by atoms with E-state index in [1.165, 1.54) is 0 Å². The molecule has 34 heavy (non-hydrogen) atoms. The highest BCUT2D eigenvalue weighted by Gasteiger charge is 2.63. The standard InChI is InChI=1S/C28H46O6/c1-14(16-5-6-16)24(31)25(32)15(2)18-7-8-19-17-13-34-26(33)21-11-22(29)23(30)12-28(21,4)20(17)9-10-27(18,19)3/h14-25,29-32H,5-13H2,1-4H3/t14-,15-,17-,18+,19-,20-,21+,22-,23+,24+,25+,27+,28+/m0/s1. The molecule has 0 unspecified atom stereocenters. The molecular formula is C28H46O6. The summed E-state index contributed by atoms with van der Waals surface area (Å²) in [5, 5.41) is 43.0. The van der Waals surface area contributed by atoms with E-state index >= 15 is 0 Å². The van der Waals surface area contributed by atoms with Gasteiger partial charge in [-0.1, -0.05) is 27.7 Å². The fraction of sp³-hybridized carbons (Fsp3) is 0.964. The lowest BCUT2D eigenvalue weighted by molar-refractivity contribution is -0.162. The molecule has 4 N–H and O–H groups in total. The van der Waals surface area contributed by atoms with E-state index in [0.29, 0.717) is 30.8 Å². The van der Waals surface area contributed by atoms with Crippen molar-refractivity contribution in [2.24, 2.45) is 58.2 Å². The molecule has 0 radical (unpaired) electrons. The summed E-state index contributed by atoms with van der Waals surface area (Å²) in [6.45, 7) is 9.15. The number of aliphatic hydroxyl groups is 4. The monoisotopic (exact) mass is 478 g/mol. The molecule has 6 nitrogen and oxygen atoms in total. The first kappa shape index (κ1) is 25.0. The fourth-order valence-electron chi connectivity index (χ4n) is 9.45. The second-order valence-electron chi connectivity index (χ2n) is 13.4. The fourth-order valence-corrected chi connectivity index (χ4v) is 9.45. The molecule has 6 heteroatoms. The number of cyclic esters (lactones) is 1. The van der Waals surface area contributed by atoms with Gasteiger partial charge in [0.25, 0.3) is 0 Å². The minimum atomic E-state index is -0.862. The largest absolute Gasteiger partial charge is 0.465 e. The SMILES string of the molecule is C[C@H]([C@@H](O)[C@H](O)[C@@H](C)C1CC1)[C@H]1CC[C@H]2[C@@H]3COC(=O)[C@H]4C[C@H](O)[C@H](O)C[C@]4(C)[C@H]3CC[C@]12C. The molecule has 4 aliphatic carbocycles. The zero-order valence-corrected chi connectivity index (χ0v) is 21.4. The molecule has 1 heterocycles. The molecule has 0 aromatic carbocycles.